The molecule has 2 atom stereocenters. The molecule has 1 aliphatic heterocycles. The van der Waals surface area contributed by atoms with Crippen molar-refractivity contribution in [2.75, 3.05) is 0 Å². The van der Waals surface area contributed by atoms with Crippen molar-refractivity contribution in [1.29, 1.82) is 10.5 Å². The van der Waals surface area contributed by atoms with Crippen LogP contribution in [0, 0.1) is 35.0 Å². The monoisotopic (exact) mass is 377 g/mol. The van der Waals surface area contributed by atoms with E-state index in [1.165, 1.54) is 10.4 Å². The lowest BCUT2D eigenvalue weighted by atomic mass is 9.79. The van der Waals surface area contributed by atoms with Gasteiger partial charge in [-0.05, 0) is 24.6 Å². The molecule has 0 spiro atoms. The Balaban J connectivity index is 2.24. The fourth-order valence-corrected chi connectivity index (χ4v) is 5.40. The van der Waals surface area contributed by atoms with Gasteiger partial charge in [0.15, 0.2) is 5.41 Å². The Morgan fingerprint density at radius 1 is 1.11 bits per heavy atom. The number of hydrogen-bond donors (Lipinski definition) is 0. The molecular formula is C21H19N3O2S. The highest BCUT2D eigenvalue weighted by atomic mass is 32.2. The van der Waals surface area contributed by atoms with Crippen molar-refractivity contribution in [2.45, 2.75) is 30.3 Å². The van der Waals surface area contributed by atoms with Gasteiger partial charge in [-0.3, -0.25) is 0 Å². The molecule has 136 valence electrons. The first kappa shape index (κ1) is 18.8. The van der Waals surface area contributed by atoms with Crippen LogP contribution in [-0.4, -0.2) is 18.8 Å². The Labute approximate surface area is 159 Å². The van der Waals surface area contributed by atoms with Crippen LogP contribution in [-0.2, 0) is 10.0 Å². The van der Waals surface area contributed by atoms with Crippen molar-refractivity contribution < 1.29 is 8.42 Å². The second-order valence-corrected chi connectivity index (χ2v) is 8.51. The van der Waals surface area contributed by atoms with Crippen LogP contribution in [0.1, 0.15) is 23.6 Å². The molecule has 0 bridgehead atoms. The summed E-state index contributed by atoms with van der Waals surface area (Å²) in [7, 11) is -3.95. The van der Waals surface area contributed by atoms with Crippen molar-refractivity contribution >= 4 is 10.0 Å². The van der Waals surface area contributed by atoms with Crippen LogP contribution in [0.15, 0.2) is 72.1 Å². The van der Waals surface area contributed by atoms with Crippen LogP contribution < -0.4 is 0 Å². The molecule has 6 heteroatoms. The molecule has 0 amide bonds. The fraction of sp³-hybridized carbons (Fsp3) is 0.238. The van der Waals surface area contributed by atoms with Crippen LogP contribution in [0.3, 0.4) is 0 Å². The topological polar surface area (TPSA) is 85.0 Å². The van der Waals surface area contributed by atoms with E-state index in [2.05, 4.69) is 18.7 Å². The molecule has 2 aromatic rings. The van der Waals surface area contributed by atoms with Gasteiger partial charge in [0.2, 0.25) is 10.0 Å². The second-order valence-electron chi connectivity index (χ2n) is 6.66. The molecule has 1 fully saturated rings. The van der Waals surface area contributed by atoms with E-state index in [1.807, 2.05) is 13.0 Å². The minimum absolute atomic E-state index is 0.0775. The van der Waals surface area contributed by atoms with E-state index in [0.717, 1.165) is 5.56 Å². The van der Waals surface area contributed by atoms with E-state index in [-0.39, 0.29) is 11.3 Å². The molecule has 3 rings (SSSR count). The molecule has 27 heavy (non-hydrogen) atoms. The summed E-state index contributed by atoms with van der Waals surface area (Å²) in [6, 6.07) is 18.0. The molecule has 0 aromatic heterocycles. The zero-order valence-electron chi connectivity index (χ0n) is 14.9. The molecule has 1 aliphatic rings. The molecule has 0 aliphatic carbocycles. The molecule has 0 unspecified atom stereocenters. The Morgan fingerprint density at radius 2 is 1.70 bits per heavy atom. The summed E-state index contributed by atoms with van der Waals surface area (Å²) in [5.74, 6) is 0. The van der Waals surface area contributed by atoms with Crippen molar-refractivity contribution in [3.05, 3.63) is 78.4 Å². The van der Waals surface area contributed by atoms with E-state index < -0.39 is 27.5 Å². The molecule has 5 nitrogen and oxygen atoms in total. The van der Waals surface area contributed by atoms with Gasteiger partial charge in [0, 0.05) is 12.5 Å². The van der Waals surface area contributed by atoms with Gasteiger partial charge < -0.3 is 0 Å². The van der Waals surface area contributed by atoms with Gasteiger partial charge in [-0.1, -0.05) is 54.1 Å². The summed E-state index contributed by atoms with van der Waals surface area (Å²) >= 11 is 0. The van der Waals surface area contributed by atoms with E-state index in [9.17, 15) is 18.9 Å². The molecule has 1 saturated heterocycles. The van der Waals surface area contributed by atoms with Crippen molar-refractivity contribution in [3.8, 4) is 12.1 Å². The van der Waals surface area contributed by atoms with Gasteiger partial charge in [-0.25, -0.2) is 8.42 Å². The maximum Gasteiger partial charge on any atom is 0.244 e. The first-order valence-electron chi connectivity index (χ1n) is 8.50. The van der Waals surface area contributed by atoms with Crippen molar-refractivity contribution in [2.24, 2.45) is 5.41 Å². The normalized spacial score (nSPS) is 21.9. The van der Waals surface area contributed by atoms with E-state index in [0.29, 0.717) is 5.56 Å². The minimum Gasteiger partial charge on any atom is -0.207 e. The maximum absolute atomic E-state index is 13.5. The van der Waals surface area contributed by atoms with Gasteiger partial charge in [-0.15, -0.1) is 6.58 Å². The van der Waals surface area contributed by atoms with Crippen molar-refractivity contribution in [3.63, 3.8) is 0 Å². The lowest BCUT2D eigenvalue weighted by molar-refractivity contribution is 0.318. The average molecular weight is 377 g/mol. The van der Waals surface area contributed by atoms with Gasteiger partial charge in [0.25, 0.3) is 0 Å². The largest absolute Gasteiger partial charge is 0.244 e. The summed E-state index contributed by atoms with van der Waals surface area (Å²) < 4.78 is 28.2. The molecule has 1 heterocycles. The predicted octanol–water partition coefficient (Wildman–Crippen LogP) is 3.72. The van der Waals surface area contributed by atoms with E-state index >= 15 is 0 Å². The van der Waals surface area contributed by atoms with Crippen LogP contribution in [0.5, 0.6) is 0 Å². The third-order valence-corrected chi connectivity index (χ3v) is 6.87. The van der Waals surface area contributed by atoms with Gasteiger partial charge in [-0.2, -0.15) is 14.8 Å². The Morgan fingerprint density at radius 3 is 2.22 bits per heavy atom. The third-order valence-electron chi connectivity index (χ3n) is 4.96. The molecule has 0 N–H and O–H groups in total. The highest BCUT2D eigenvalue weighted by molar-refractivity contribution is 7.89. The standard InChI is InChI=1S/C21H19N3O2S/c1-3-18-13-21(14-22,15-23)20(17-7-5-4-6-8-17)24(18)27(25,26)19-11-9-16(2)10-12-19/h3-12,18,20H,1,13H2,2H3/t18-,20-/m1/s1. The Bertz CT molecular complexity index is 1020. The molecule has 0 saturated carbocycles. The van der Waals surface area contributed by atoms with Gasteiger partial charge in [0.05, 0.1) is 23.1 Å². The van der Waals surface area contributed by atoms with Gasteiger partial charge in [0.1, 0.15) is 0 Å². The van der Waals surface area contributed by atoms with E-state index in [4.69, 9.17) is 0 Å². The van der Waals surface area contributed by atoms with Crippen LogP contribution in [0.2, 0.25) is 0 Å². The van der Waals surface area contributed by atoms with E-state index in [1.54, 1.807) is 48.5 Å². The number of rotatable bonds is 4. The van der Waals surface area contributed by atoms with Crippen LogP contribution in [0.4, 0.5) is 0 Å². The number of hydrogen-bond acceptors (Lipinski definition) is 4. The average Bonchev–Trinajstić information content (AvgIpc) is 3.05. The second kappa shape index (κ2) is 7.00. The lowest BCUT2D eigenvalue weighted by Gasteiger charge is -2.30. The first-order chi connectivity index (χ1) is 12.9. The summed E-state index contributed by atoms with van der Waals surface area (Å²) in [5, 5.41) is 19.6. The number of nitrogens with zero attached hydrogens (tertiary/aromatic N) is 3. The quantitative estimate of drug-likeness (QED) is 0.760. The molecule has 0 radical (unpaired) electrons. The highest BCUT2D eigenvalue weighted by Gasteiger charge is 2.57. The lowest BCUT2D eigenvalue weighted by Crippen LogP contribution is -2.38. The number of benzene rings is 2. The first-order valence-corrected chi connectivity index (χ1v) is 9.94. The number of nitriles is 2. The SMILES string of the molecule is C=C[C@@H]1CC(C#N)(C#N)[C@@H](c2ccccc2)N1S(=O)(=O)c1ccc(C)cc1. The molecule has 2 aromatic carbocycles. The van der Waals surface area contributed by atoms with Gasteiger partial charge >= 0.3 is 0 Å². The predicted molar refractivity (Wildman–Crippen MR) is 102 cm³/mol. The van der Waals surface area contributed by atoms with Crippen LogP contribution in [0.25, 0.3) is 0 Å². The summed E-state index contributed by atoms with van der Waals surface area (Å²) in [6.45, 7) is 5.63. The summed E-state index contributed by atoms with van der Waals surface area (Å²) in [5.41, 5.74) is 0.0668. The maximum atomic E-state index is 13.5. The van der Waals surface area contributed by atoms with Crippen molar-refractivity contribution in [1.82, 2.24) is 4.31 Å². The summed E-state index contributed by atoms with van der Waals surface area (Å²) in [4.78, 5) is 0.132. The summed E-state index contributed by atoms with van der Waals surface area (Å²) in [6.07, 6.45) is 1.58. The Hall–Kier alpha value is -2.93. The number of sulfonamides is 1. The Kier molecular flexibility index (Phi) is 4.89. The smallest absolute Gasteiger partial charge is 0.207 e. The zero-order valence-corrected chi connectivity index (χ0v) is 15.7. The van der Waals surface area contributed by atoms with Crippen LogP contribution >= 0.6 is 0 Å². The third kappa shape index (κ3) is 3.04. The number of aryl methyl sites for hydroxylation is 1. The fourth-order valence-electron chi connectivity index (χ4n) is 3.58. The molecular weight excluding hydrogens is 358 g/mol. The zero-order chi connectivity index (χ0) is 19.7. The minimum atomic E-state index is -3.95. The highest BCUT2D eigenvalue weighted by Crippen LogP contribution is 2.52.